The number of aromatic amines is 1. The van der Waals surface area contributed by atoms with Crippen molar-refractivity contribution in [1.82, 2.24) is 4.98 Å². The highest BCUT2D eigenvalue weighted by Crippen LogP contribution is 2.30. The third kappa shape index (κ3) is 3.02. The molecule has 0 saturated carbocycles. The molecular formula is C11H12N4OS. The van der Waals surface area contributed by atoms with Gasteiger partial charge in [0, 0.05) is 0 Å². The summed E-state index contributed by atoms with van der Waals surface area (Å²) in [6, 6.07) is 4.01. The second kappa shape index (κ2) is 6.62. The number of aliphatic imine (C=N–C) groups is 1. The molecule has 1 heterocycles. The van der Waals surface area contributed by atoms with Gasteiger partial charge in [0.25, 0.3) is 0 Å². The van der Waals surface area contributed by atoms with Gasteiger partial charge in [-0.25, -0.2) is 4.99 Å². The van der Waals surface area contributed by atoms with Crippen molar-refractivity contribution < 1.29 is 4.74 Å². The van der Waals surface area contributed by atoms with Crippen LogP contribution in [0.25, 0.3) is 0 Å². The number of nitriles is 2. The summed E-state index contributed by atoms with van der Waals surface area (Å²) in [6.07, 6.45) is 1.27. The van der Waals surface area contributed by atoms with Gasteiger partial charge in [-0.1, -0.05) is 6.92 Å². The molecule has 6 heteroatoms. The lowest BCUT2D eigenvalue weighted by molar-refractivity contribution is 0.344. The van der Waals surface area contributed by atoms with Crippen molar-refractivity contribution in [3.63, 3.8) is 0 Å². The fourth-order valence-electron chi connectivity index (χ4n) is 1.19. The molecule has 0 atom stereocenters. The topological polar surface area (TPSA) is 85.0 Å². The molecule has 0 bridgehead atoms. The van der Waals surface area contributed by atoms with E-state index in [1.54, 1.807) is 0 Å². The third-order valence-corrected chi connectivity index (χ3v) is 2.76. The lowest BCUT2D eigenvalue weighted by Gasteiger charge is -1.92. The predicted octanol–water partition coefficient (Wildman–Crippen LogP) is 2.57. The number of hydrogen-bond donors (Lipinski definition) is 1. The summed E-state index contributed by atoms with van der Waals surface area (Å²) in [5.74, 6) is 1.18. The lowest BCUT2D eigenvalue weighted by atomic mass is 10.2. The number of nitrogens with one attached hydrogen (secondary N) is 1. The van der Waals surface area contributed by atoms with Crippen molar-refractivity contribution in [3.05, 3.63) is 11.1 Å². The van der Waals surface area contributed by atoms with Crippen LogP contribution in [0, 0.1) is 22.7 Å². The van der Waals surface area contributed by atoms with Gasteiger partial charge in [0.1, 0.15) is 23.3 Å². The molecular weight excluding hydrogens is 236 g/mol. The van der Waals surface area contributed by atoms with Crippen molar-refractivity contribution in [2.45, 2.75) is 18.9 Å². The smallest absolute Gasteiger partial charge is 0.176 e. The molecule has 0 aliphatic heterocycles. The average Bonchev–Trinajstić information content (AvgIpc) is 2.67. The zero-order chi connectivity index (χ0) is 12.7. The second-order valence-electron chi connectivity index (χ2n) is 2.90. The van der Waals surface area contributed by atoms with Gasteiger partial charge in [-0.2, -0.15) is 10.5 Å². The predicted molar refractivity (Wildman–Crippen MR) is 66.4 cm³/mol. The SMILES string of the molecule is CCOC=Nc1[nH]c(SCC)c(C#N)c1C#N. The van der Waals surface area contributed by atoms with E-state index in [1.165, 1.54) is 18.2 Å². The average molecular weight is 248 g/mol. The first-order chi connectivity index (χ1) is 8.28. The molecule has 0 aliphatic carbocycles. The maximum atomic E-state index is 9.02. The van der Waals surface area contributed by atoms with Gasteiger partial charge >= 0.3 is 0 Å². The highest BCUT2D eigenvalue weighted by Gasteiger charge is 2.16. The number of hydrogen-bond acceptors (Lipinski definition) is 5. The number of nitrogens with zero attached hydrogens (tertiary/aromatic N) is 3. The quantitative estimate of drug-likeness (QED) is 0.493. The van der Waals surface area contributed by atoms with Crippen LogP contribution in [0.1, 0.15) is 25.0 Å². The van der Waals surface area contributed by atoms with Crippen molar-refractivity contribution in [2.75, 3.05) is 12.4 Å². The molecule has 0 aromatic carbocycles. The van der Waals surface area contributed by atoms with Gasteiger partial charge in [-0.15, -0.1) is 11.8 Å². The zero-order valence-electron chi connectivity index (χ0n) is 9.65. The van der Waals surface area contributed by atoms with E-state index >= 15 is 0 Å². The molecule has 0 spiro atoms. The van der Waals surface area contributed by atoms with Gasteiger partial charge < -0.3 is 9.72 Å². The molecule has 1 rings (SSSR count). The van der Waals surface area contributed by atoms with E-state index in [0.29, 0.717) is 23.0 Å². The number of thioether (sulfide) groups is 1. The zero-order valence-corrected chi connectivity index (χ0v) is 10.5. The standard InChI is InChI=1S/C11H12N4OS/c1-3-16-7-14-10-8(5-12)9(6-13)11(15-10)17-4-2/h7,15H,3-4H2,1-2H3. The highest BCUT2D eigenvalue weighted by atomic mass is 32.2. The van der Waals surface area contributed by atoms with Crippen LogP contribution in [0.5, 0.6) is 0 Å². The van der Waals surface area contributed by atoms with Crippen molar-refractivity contribution in [3.8, 4) is 12.1 Å². The van der Waals surface area contributed by atoms with E-state index in [9.17, 15) is 0 Å². The molecule has 17 heavy (non-hydrogen) atoms. The lowest BCUT2D eigenvalue weighted by Crippen LogP contribution is -1.84. The van der Waals surface area contributed by atoms with Crippen LogP contribution in [0.3, 0.4) is 0 Å². The van der Waals surface area contributed by atoms with Crippen molar-refractivity contribution >= 4 is 24.0 Å². The van der Waals surface area contributed by atoms with E-state index in [2.05, 4.69) is 9.98 Å². The van der Waals surface area contributed by atoms with Crippen LogP contribution in [-0.2, 0) is 4.74 Å². The first-order valence-corrected chi connectivity index (χ1v) is 6.10. The Labute approximate surface area is 104 Å². The minimum atomic E-state index is 0.263. The number of H-pyrrole nitrogens is 1. The molecule has 1 aromatic rings. The van der Waals surface area contributed by atoms with Crippen LogP contribution in [0.15, 0.2) is 10.0 Å². The molecule has 88 valence electrons. The van der Waals surface area contributed by atoms with E-state index in [0.717, 1.165) is 5.75 Å². The van der Waals surface area contributed by atoms with Crippen molar-refractivity contribution in [2.24, 2.45) is 4.99 Å². The Kier molecular flexibility index (Phi) is 5.12. The van der Waals surface area contributed by atoms with Crippen LogP contribution < -0.4 is 0 Å². The summed E-state index contributed by atoms with van der Waals surface area (Å²) in [5, 5.41) is 18.7. The summed E-state index contributed by atoms with van der Waals surface area (Å²) in [5.41, 5.74) is 0.613. The first-order valence-electron chi connectivity index (χ1n) is 5.11. The van der Waals surface area contributed by atoms with Gasteiger partial charge in [-0.3, -0.25) is 0 Å². The fraction of sp³-hybridized carbons (Fsp3) is 0.364. The Morgan fingerprint density at radius 3 is 2.59 bits per heavy atom. The molecule has 1 aromatic heterocycles. The van der Waals surface area contributed by atoms with Gasteiger partial charge in [-0.05, 0) is 12.7 Å². The maximum Gasteiger partial charge on any atom is 0.176 e. The van der Waals surface area contributed by atoms with Crippen LogP contribution in [-0.4, -0.2) is 23.7 Å². The Hall–Kier alpha value is -1.92. The summed E-state index contributed by atoms with van der Waals surface area (Å²) < 4.78 is 4.97. The minimum absolute atomic E-state index is 0.263. The number of rotatable bonds is 5. The molecule has 0 amide bonds. The molecule has 1 N–H and O–H groups in total. The van der Waals surface area contributed by atoms with E-state index in [4.69, 9.17) is 15.3 Å². The molecule has 0 unspecified atom stereocenters. The summed E-state index contributed by atoms with van der Waals surface area (Å²) in [4.78, 5) is 6.94. The molecule has 0 radical (unpaired) electrons. The summed E-state index contributed by atoms with van der Waals surface area (Å²) in [6.45, 7) is 4.32. The Morgan fingerprint density at radius 2 is 2.06 bits per heavy atom. The normalized spacial score (nSPS) is 10.1. The van der Waals surface area contributed by atoms with E-state index in [-0.39, 0.29) is 5.56 Å². The number of aromatic nitrogens is 1. The van der Waals surface area contributed by atoms with Gasteiger partial charge in [0.2, 0.25) is 0 Å². The molecule has 0 fully saturated rings. The largest absolute Gasteiger partial charge is 0.483 e. The minimum Gasteiger partial charge on any atom is -0.483 e. The van der Waals surface area contributed by atoms with Gasteiger partial charge in [0.05, 0.1) is 11.6 Å². The molecule has 0 saturated heterocycles. The van der Waals surface area contributed by atoms with E-state index < -0.39 is 0 Å². The fourth-order valence-corrected chi connectivity index (χ4v) is 1.94. The third-order valence-electron chi connectivity index (χ3n) is 1.88. The molecule has 0 aliphatic rings. The van der Waals surface area contributed by atoms with Crippen LogP contribution in [0.2, 0.25) is 0 Å². The Balaban J connectivity index is 3.14. The van der Waals surface area contributed by atoms with Crippen molar-refractivity contribution in [1.29, 1.82) is 10.5 Å². The highest BCUT2D eigenvalue weighted by molar-refractivity contribution is 7.99. The molecule has 5 nitrogen and oxygen atoms in total. The van der Waals surface area contributed by atoms with E-state index in [1.807, 2.05) is 26.0 Å². The summed E-state index contributed by atoms with van der Waals surface area (Å²) in [7, 11) is 0. The Bertz CT molecular complexity index is 493. The monoisotopic (exact) mass is 248 g/mol. The Morgan fingerprint density at radius 1 is 1.35 bits per heavy atom. The number of ether oxygens (including phenoxy) is 1. The van der Waals surface area contributed by atoms with Crippen LogP contribution in [0.4, 0.5) is 5.82 Å². The first kappa shape index (κ1) is 13.1. The van der Waals surface area contributed by atoms with Crippen LogP contribution >= 0.6 is 11.8 Å². The maximum absolute atomic E-state index is 9.02. The summed E-state index contributed by atoms with van der Waals surface area (Å²) >= 11 is 1.47. The second-order valence-corrected chi connectivity index (χ2v) is 4.17. The van der Waals surface area contributed by atoms with Gasteiger partial charge in [0.15, 0.2) is 12.2 Å².